The molecule has 0 aliphatic carbocycles. The maximum Gasteiger partial charge on any atom is 0.159 e. The van der Waals surface area contributed by atoms with Gasteiger partial charge >= 0.3 is 0 Å². The van der Waals surface area contributed by atoms with E-state index in [0.29, 0.717) is 0 Å². The molecule has 0 aliphatic rings. The average Bonchev–Trinajstić information content (AvgIpc) is 3.53. The number of rotatable bonds is 3. The average molecular weight is 476 g/mol. The molecule has 0 atom stereocenters. The number of furan rings is 2. The Labute approximate surface area is 212 Å². The van der Waals surface area contributed by atoms with E-state index in [0.717, 1.165) is 60.9 Å². The Balaban J connectivity index is 1.48. The second-order valence-corrected chi connectivity index (χ2v) is 9.37. The zero-order valence-electron chi connectivity index (χ0n) is 19.9. The summed E-state index contributed by atoms with van der Waals surface area (Å²) < 4.78 is 13.0. The van der Waals surface area contributed by atoms with Crippen LogP contribution in [0.1, 0.15) is 0 Å². The minimum atomic E-state index is 0.852. The zero-order valence-corrected chi connectivity index (χ0v) is 19.9. The first kappa shape index (κ1) is 20.2. The molecule has 3 heteroatoms. The van der Waals surface area contributed by atoms with Crippen molar-refractivity contribution < 1.29 is 8.83 Å². The van der Waals surface area contributed by atoms with Crippen molar-refractivity contribution in [2.75, 3.05) is 4.90 Å². The molecular formula is C34H21NO2. The minimum absolute atomic E-state index is 0.852. The summed E-state index contributed by atoms with van der Waals surface area (Å²) in [5.74, 6) is 0. The fourth-order valence-electron chi connectivity index (χ4n) is 5.54. The van der Waals surface area contributed by atoms with Crippen LogP contribution in [-0.2, 0) is 0 Å². The molecule has 2 aromatic heterocycles. The van der Waals surface area contributed by atoms with Crippen LogP contribution in [0.5, 0.6) is 0 Å². The molecule has 174 valence electrons. The lowest BCUT2D eigenvalue weighted by Gasteiger charge is -2.26. The predicted molar refractivity (Wildman–Crippen MR) is 153 cm³/mol. The van der Waals surface area contributed by atoms with Crippen molar-refractivity contribution >= 4 is 71.7 Å². The number of benzene rings is 6. The van der Waals surface area contributed by atoms with Gasteiger partial charge in [0.15, 0.2) is 11.2 Å². The topological polar surface area (TPSA) is 29.5 Å². The largest absolute Gasteiger partial charge is 0.454 e. The molecule has 0 aliphatic heterocycles. The first-order chi connectivity index (χ1) is 18.3. The molecule has 0 radical (unpaired) electrons. The zero-order chi connectivity index (χ0) is 24.3. The van der Waals surface area contributed by atoms with Crippen LogP contribution in [0.25, 0.3) is 54.6 Å². The lowest BCUT2D eigenvalue weighted by Crippen LogP contribution is -2.10. The van der Waals surface area contributed by atoms with E-state index in [-0.39, 0.29) is 0 Å². The number of hydrogen-bond donors (Lipinski definition) is 0. The van der Waals surface area contributed by atoms with Crippen molar-refractivity contribution in [2.24, 2.45) is 0 Å². The summed E-state index contributed by atoms with van der Waals surface area (Å²) in [5.41, 5.74) is 6.44. The smallest absolute Gasteiger partial charge is 0.159 e. The van der Waals surface area contributed by atoms with E-state index in [1.54, 1.807) is 0 Å². The molecular weight excluding hydrogens is 454 g/mol. The second kappa shape index (κ2) is 7.74. The summed E-state index contributed by atoms with van der Waals surface area (Å²) in [4.78, 5) is 2.27. The summed E-state index contributed by atoms with van der Waals surface area (Å²) in [6.07, 6.45) is 0. The van der Waals surface area contributed by atoms with E-state index in [2.05, 4.69) is 108 Å². The lowest BCUT2D eigenvalue weighted by molar-refractivity contribution is 0.666. The first-order valence-electron chi connectivity index (χ1n) is 12.4. The molecule has 37 heavy (non-hydrogen) atoms. The number of fused-ring (bicyclic) bond motifs is 7. The highest BCUT2D eigenvalue weighted by Gasteiger charge is 2.23. The van der Waals surface area contributed by atoms with Gasteiger partial charge in [-0.2, -0.15) is 0 Å². The highest BCUT2D eigenvalue weighted by molar-refractivity contribution is 6.14. The normalized spacial score (nSPS) is 11.8. The first-order valence-corrected chi connectivity index (χ1v) is 12.4. The van der Waals surface area contributed by atoms with Crippen LogP contribution in [-0.4, -0.2) is 0 Å². The Morgan fingerprint density at radius 3 is 1.54 bits per heavy atom. The Kier molecular flexibility index (Phi) is 4.23. The lowest BCUT2D eigenvalue weighted by atomic mass is 10.1. The van der Waals surface area contributed by atoms with Crippen LogP contribution >= 0.6 is 0 Å². The van der Waals surface area contributed by atoms with Crippen LogP contribution in [0.3, 0.4) is 0 Å². The van der Waals surface area contributed by atoms with E-state index in [4.69, 9.17) is 8.83 Å². The molecule has 0 amide bonds. The fourth-order valence-corrected chi connectivity index (χ4v) is 5.54. The van der Waals surface area contributed by atoms with Gasteiger partial charge in [0.1, 0.15) is 11.2 Å². The summed E-state index contributed by atoms with van der Waals surface area (Å²) in [6.45, 7) is 0. The van der Waals surface area contributed by atoms with Crippen molar-refractivity contribution in [3.8, 4) is 0 Å². The molecule has 0 unspecified atom stereocenters. The fraction of sp³-hybridized carbons (Fsp3) is 0. The molecule has 3 nitrogen and oxygen atoms in total. The molecule has 0 N–H and O–H groups in total. The third kappa shape index (κ3) is 3.01. The van der Waals surface area contributed by atoms with Gasteiger partial charge in [-0.1, -0.05) is 91.0 Å². The van der Waals surface area contributed by atoms with Gasteiger partial charge in [-0.15, -0.1) is 0 Å². The van der Waals surface area contributed by atoms with Crippen LogP contribution in [0.2, 0.25) is 0 Å². The van der Waals surface area contributed by atoms with Crippen molar-refractivity contribution in [3.63, 3.8) is 0 Å². The van der Waals surface area contributed by atoms with E-state index >= 15 is 0 Å². The van der Waals surface area contributed by atoms with Gasteiger partial charge in [-0.05, 0) is 47.2 Å². The third-order valence-corrected chi connectivity index (χ3v) is 7.24. The number of hydrogen-bond acceptors (Lipinski definition) is 3. The molecule has 0 spiro atoms. The van der Waals surface area contributed by atoms with E-state index in [1.165, 1.54) is 10.8 Å². The molecule has 8 aromatic rings. The second-order valence-electron chi connectivity index (χ2n) is 9.37. The van der Waals surface area contributed by atoms with Gasteiger partial charge in [0.05, 0.1) is 11.4 Å². The number of anilines is 3. The van der Waals surface area contributed by atoms with Crippen LogP contribution in [0, 0.1) is 0 Å². The molecule has 6 aromatic carbocycles. The van der Waals surface area contributed by atoms with Gasteiger partial charge in [0, 0.05) is 27.2 Å². The molecule has 0 saturated heterocycles. The molecule has 0 fully saturated rings. The summed E-state index contributed by atoms with van der Waals surface area (Å²) >= 11 is 0. The summed E-state index contributed by atoms with van der Waals surface area (Å²) in [5, 5.41) is 6.79. The SMILES string of the molecule is c1ccc2cc(N(c3cccc4c3oc3ccccc34)c3cccc4c3oc3ccccc34)ccc2c1. The molecule has 2 heterocycles. The van der Waals surface area contributed by atoms with Crippen LogP contribution in [0.15, 0.2) is 136 Å². The Hall–Kier alpha value is -5.02. The Bertz CT molecular complexity index is 2000. The summed E-state index contributed by atoms with van der Waals surface area (Å²) in [6, 6.07) is 44.2. The van der Waals surface area contributed by atoms with Crippen LogP contribution in [0.4, 0.5) is 17.1 Å². The van der Waals surface area contributed by atoms with E-state index in [1.807, 2.05) is 24.3 Å². The number of para-hydroxylation sites is 4. The van der Waals surface area contributed by atoms with Crippen molar-refractivity contribution in [3.05, 3.63) is 127 Å². The van der Waals surface area contributed by atoms with Gasteiger partial charge in [-0.3, -0.25) is 0 Å². The molecule has 8 rings (SSSR count). The van der Waals surface area contributed by atoms with Crippen LogP contribution < -0.4 is 4.90 Å². The van der Waals surface area contributed by atoms with E-state index < -0.39 is 0 Å². The Morgan fingerprint density at radius 1 is 0.405 bits per heavy atom. The van der Waals surface area contributed by atoms with Gasteiger partial charge in [0.2, 0.25) is 0 Å². The standard InChI is InChI=1S/C34H21NO2/c1-2-10-23-21-24(20-19-22(23)9-1)35(29-15-7-13-27-25-11-3-5-17-31(25)36-33(27)29)30-16-8-14-28-26-12-4-6-18-32(26)37-34(28)30/h1-21H. The van der Waals surface area contributed by atoms with Crippen molar-refractivity contribution in [2.45, 2.75) is 0 Å². The van der Waals surface area contributed by atoms with Gasteiger partial charge in [0.25, 0.3) is 0 Å². The van der Waals surface area contributed by atoms with Crippen molar-refractivity contribution in [1.82, 2.24) is 0 Å². The minimum Gasteiger partial charge on any atom is -0.454 e. The highest BCUT2D eigenvalue weighted by atomic mass is 16.3. The predicted octanol–water partition coefficient (Wildman–Crippen LogP) is 10.1. The monoisotopic (exact) mass is 475 g/mol. The maximum absolute atomic E-state index is 6.49. The molecule has 0 saturated carbocycles. The van der Waals surface area contributed by atoms with Gasteiger partial charge < -0.3 is 13.7 Å². The van der Waals surface area contributed by atoms with Crippen molar-refractivity contribution in [1.29, 1.82) is 0 Å². The number of nitrogens with zero attached hydrogens (tertiary/aromatic N) is 1. The molecule has 0 bridgehead atoms. The highest BCUT2D eigenvalue weighted by Crippen LogP contribution is 2.46. The quantitative estimate of drug-likeness (QED) is 0.255. The third-order valence-electron chi connectivity index (χ3n) is 7.24. The Morgan fingerprint density at radius 2 is 0.919 bits per heavy atom. The van der Waals surface area contributed by atoms with Gasteiger partial charge in [-0.25, -0.2) is 0 Å². The van der Waals surface area contributed by atoms with E-state index in [9.17, 15) is 0 Å². The summed E-state index contributed by atoms with van der Waals surface area (Å²) in [7, 11) is 0. The maximum atomic E-state index is 6.49.